The van der Waals surface area contributed by atoms with E-state index >= 15 is 0 Å². The van der Waals surface area contributed by atoms with Crippen LogP contribution in [0.25, 0.3) is 0 Å². The van der Waals surface area contributed by atoms with Crippen LogP contribution in [-0.2, 0) is 25.6 Å². The van der Waals surface area contributed by atoms with E-state index in [9.17, 15) is 18.3 Å². The Hall–Kier alpha value is -3.08. The molecule has 3 rings (SSSR count). The van der Waals surface area contributed by atoms with Crippen molar-refractivity contribution in [3.63, 3.8) is 0 Å². The smallest absolute Gasteiger partial charge is 0.407 e. The predicted molar refractivity (Wildman–Crippen MR) is 106 cm³/mol. The first-order valence-corrected chi connectivity index (χ1v) is 10.8. The van der Waals surface area contributed by atoms with Crippen LogP contribution in [0.5, 0.6) is 11.5 Å². The summed E-state index contributed by atoms with van der Waals surface area (Å²) in [4.78, 5) is 12.2. The molecule has 2 N–H and O–H groups in total. The molecule has 2 aromatic carbocycles. The highest BCUT2D eigenvalue weighted by Gasteiger charge is 2.27. The predicted octanol–water partition coefficient (Wildman–Crippen LogP) is 2.23. The maximum Gasteiger partial charge on any atom is 0.407 e. The van der Waals surface area contributed by atoms with E-state index in [-0.39, 0.29) is 6.61 Å². The van der Waals surface area contributed by atoms with Crippen molar-refractivity contribution >= 4 is 16.2 Å². The first-order chi connectivity index (χ1) is 14.3. The minimum Gasteiger partial charge on any atom is -0.458 e. The molecular formula is C20H21NO8S. The van der Waals surface area contributed by atoms with Crippen molar-refractivity contribution in [2.45, 2.75) is 18.8 Å². The fraction of sp³-hybridized carbons (Fsp3) is 0.250. The minimum atomic E-state index is -3.80. The maximum absolute atomic E-state index is 12.2. The minimum absolute atomic E-state index is 0.0127. The van der Waals surface area contributed by atoms with E-state index in [4.69, 9.17) is 18.4 Å². The Balaban J connectivity index is 1.70. The molecular weight excluding hydrogens is 414 g/mol. The Kier molecular flexibility index (Phi) is 6.93. The molecule has 0 saturated carbocycles. The molecule has 0 saturated heterocycles. The maximum atomic E-state index is 12.2. The van der Waals surface area contributed by atoms with Crippen LogP contribution in [-0.4, -0.2) is 38.5 Å². The van der Waals surface area contributed by atoms with Crippen LogP contribution in [0.3, 0.4) is 0 Å². The molecule has 0 bridgehead atoms. The fourth-order valence-corrected chi connectivity index (χ4v) is 3.05. The van der Waals surface area contributed by atoms with Gasteiger partial charge in [-0.3, -0.25) is 4.18 Å². The third kappa shape index (κ3) is 6.21. The molecule has 10 heteroatoms. The summed E-state index contributed by atoms with van der Waals surface area (Å²) >= 11 is 0. The quantitative estimate of drug-likeness (QED) is 0.606. The number of ether oxygens (including phenoxy) is 3. The van der Waals surface area contributed by atoms with E-state index < -0.39 is 35.0 Å². The van der Waals surface area contributed by atoms with Gasteiger partial charge in [0.1, 0.15) is 25.2 Å². The molecule has 0 aromatic heterocycles. The van der Waals surface area contributed by atoms with Crippen molar-refractivity contribution in [3.05, 3.63) is 72.2 Å². The lowest BCUT2D eigenvalue weighted by molar-refractivity contribution is 0.0827. The lowest BCUT2D eigenvalue weighted by Gasteiger charge is -2.24. The number of benzene rings is 2. The number of aliphatic hydroxyl groups is 1. The van der Waals surface area contributed by atoms with E-state index in [1.54, 1.807) is 36.4 Å². The molecule has 1 aliphatic rings. The number of nitrogens with one attached hydrogen (secondary N) is 1. The summed E-state index contributed by atoms with van der Waals surface area (Å²) in [6.45, 7) is -0.479. The van der Waals surface area contributed by atoms with Gasteiger partial charge in [0, 0.05) is 0 Å². The second kappa shape index (κ2) is 9.61. The molecule has 1 amide bonds. The topological polar surface area (TPSA) is 120 Å². The molecule has 2 aromatic rings. The summed E-state index contributed by atoms with van der Waals surface area (Å²) in [7, 11) is -3.80. The van der Waals surface area contributed by atoms with Gasteiger partial charge in [0.15, 0.2) is 11.5 Å². The van der Waals surface area contributed by atoms with Crippen LogP contribution in [0.1, 0.15) is 17.2 Å². The zero-order valence-corrected chi connectivity index (χ0v) is 16.9. The average molecular weight is 435 g/mol. The molecule has 0 unspecified atom stereocenters. The highest BCUT2D eigenvalue weighted by Crippen LogP contribution is 2.33. The monoisotopic (exact) mass is 435 g/mol. The van der Waals surface area contributed by atoms with Crippen molar-refractivity contribution in [2.24, 2.45) is 0 Å². The zero-order valence-electron chi connectivity index (χ0n) is 16.1. The SMILES string of the molecule is CS(=O)(=O)OC[C@@H](NC(=O)OCc1ccccc1)[C@H](O)c1ccc2c(c1)OC=CO2. The van der Waals surface area contributed by atoms with Crippen molar-refractivity contribution in [2.75, 3.05) is 12.9 Å². The van der Waals surface area contributed by atoms with Crippen molar-refractivity contribution in [3.8, 4) is 11.5 Å². The second-order valence-corrected chi connectivity index (χ2v) is 8.10. The number of aliphatic hydroxyl groups excluding tert-OH is 1. The van der Waals surface area contributed by atoms with Gasteiger partial charge in [-0.05, 0) is 23.3 Å². The normalized spacial score (nSPS) is 14.6. The Morgan fingerprint density at radius 2 is 1.80 bits per heavy atom. The third-order valence-electron chi connectivity index (χ3n) is 4.11. The van der Waals surface area contributed by atoms with Gasteiger partial charge in [0.2, 0.25) is 0 Å². The molecule has 160 valence electrons. The number of rotatable bonds is 8. The van der Waals surface area contributed by atoms with E-state index in [2.05, 4.69) is 5.32 Å². The first kappa shape index (κ1) is 21.6. The van der Waals surface area contributed by atoms with E-state index in [1.807, 2.05) is 6.07 Å². The number of carbonyl (C=O) groups excluding carboxylic acids is 1. The number of hydrogen-bond donors (Lipinski definition) is 2. The molecule has 0 aliphatic carbocycles. The van der Waals surface area contributed by atoms with Crippen LogP contribution in [0.2, 0.25) is 0 Å². The Morgan fingerprint density at radius 1 is 1.10 bits per heavy atom. The lowest BCUT2D eigenvalue weighted by Crippen LogP contribution is -2.43. The van der Waals surface area contributed by atoms with Gasteiger partial charge in [0.25, 0.3) is 10.1 Å². The number of alkyl carbamates (subject to hydrolysis) is 1. The number of fused-ring (bicyclic) bond motifs is 1. The third-order valence-corrected chi connectivity index (χ3v) is 4.68. The van der Waals surface area contributed by atoms with Gasteiger partial charge in [-0.1, -0.05) is 36.4 Å². The Bertz CT molecular complexity index is 1010. The summed E-state index contributed by atoms with van der Waals surface area (Å²) in [6, 6.07) is 12.6. The van der Waals surface area contributed by atoms with Crippen LogP contribution in [0.15, 0.2) is 61.1 Å². The van der Waals surface area contributed by atoms with Crippen molar-refractivity contribution in [1.29, 1.82) is 0 Å². The second-order valence-electron chi connectivity index (χ2n) is 6.46. The van der Waals surface area contributed by atoms with Crippen LogP contribution >= 0.6 is 0 Å². The highest BCUT2D eigenvalue weighted by atomic mass is 32.2. The van der Waals surface area contributed by atoms with Gasteiger partial charge in [-0.15, -0.1) is 0 Å². The highest BCUT2D eigenvalue weighted by molar-refractivity contribution is 7.85. The number of hydrogen-bond acceptors (Lipinski definition) is 8. The molecule has 0 spiro atoms. The zero-order chi connectivity index (χ0) is 21.6. The summed E-state index contributed by atoms with van der Waals surface area (Å²) in [6.07, 6.45) is 1.44. The summed E-state index contributed by atoms with van der Waals surface area (Å²) < 4.78 is 43.3. The molecule has 2 atom stereocenters. The van der Waals surface area contributed by atoms with Crippen LogP contribution in [0.4, 0.5) is 4.79 Å². The Labute approximate surface area is 174 Å². The molecule has 9 nitrogen and oxygen atoms in total. The summed E-state index contributed by atoms with van der Waals surface area (Å²) in [5, 5.41) is 13.2. The summed E-state index contributed by atoms with van der Waals surface area (Å²) in [5.74, 6) is 0.816. The van der Waals surface area contributed by atoms with Crippen molar-refractivity contribution in [1.82, 2.24) is 5.32 Å². The summed E-state index contributed by atoms with van der Waals surface area (Å²) in [5.41, 5.74) is 1.13. The largest absolute Gasteiger partial charge is 0.458 e. The molecule has 1 aliphatic heterocycles. The van der Waals surface area contributed by atoms with Crippen LogP contribution < -0.4 is 14.8 Å². The molecule has 30 heavy (non-hydrogen) atoms. The molecule has 0 fully saturated rings. The average Bonchev–Trinajstić information content (AvgIpc) is 2.74. The fourth-order valence-electron chi connectivity index (χ4n) is 2.66. The van der Waals surface area contributed by atoms with Gasteiger partial charge in [-0.2, -0.15) is 8.42 Å². The Morgan fingerprint density at radius 3 is 2.50 bits per heavy atom. The van der Waals surface area contributed by atoms with E-state index in [0.717, 1.165) is 11.8 Å². The van der Waals surface area contributed by atoms with Gasteiger partial charge >= 0.3 is 6.09 Å². The van der Waals surface area contributed by atoms with Crippen molar-refractivity contribution < 1.29 is 36.7 Å². The van der Waals surface area contributed by atoms with Gasteiger partial charge in [-0.25, -0.2) is 4.79 Å². The molecule has 0 radical (unpaired) electrons. The standard InChI is InChI=1S/C20H21NO8S/c1-30(24,25)29-13-16(21-20(23)28-12-14-5-3-2-4-6-14)19(22)15-7-8-17-18(11-15)27-10-9-26-17/h2-11,16,19,22H,12-13H2,1H3,(H,21,23)/t16-,19-/m1/s1. The number of amides is 1. The van der Waals surface area contributed by atoms with Gasteiger partial charge < -0.3 is 24.6 Å². The van der Waals surface area contributed by atoms with Gasteiger partial charge in [0.05, 0.1) is 18.9 Å². The molecule has 1 heterocycles. The van der Waals surface area contributed by atoms with E-state index in [1.165, 1.54) is 18.6 Å². The lowest BCUT2D eigenvalue weighted by atomic mass is 10.0. The van der Waals surface area contributed by atoms with E-state index in [0.29, 0.717) is 17.1 Å². The van der Waals surface area contributed by atoms with Crippen LogP contribution in [0, 0.1) is 0 Å². The first-order valence-electron chi connectivity index (χ1n) is 8.94. The number of carbonyl (C=O) groups is 1.